The van der Waals surface area contributed by atoms with Crippen molar-refractivity contribution in [2.75, 3.05) is 5.32 Å². The van der Waals surface area contributed by atoms with Gasteiger partial charge in [-0.1, -0.05) is 26.0 Å². The van der Waals surface area contributed by atoms with Crippen molar-refractivity contribution >= 4 is 17.6 Å². The van der Waals surface area contributed by atoms with E-state index in [1.54, 1.807) is 51.1 Å². The Morgan fingerprint density at radius 2 is 1.75 bits per heavy atom. The number of aryl methyl sites for hydroxylation is 1. The van der Waals surface area contributed by atoms with Crippen LogP contribution in [-0.2, 0) is 10.2 Å². The molecule has 2 rings (SSSR count). The van der Waals surface area contributed by atoms with Crippen molar-refractivity contribution in [2.45, 2.75) is 46.0 Å². The molecule has 0 saturated heterocycles. The monoisotopic (exact) mass is 329 g/mol. The summed E-state index contributed by atoms with van der Waals surface area (Å²) in [7, 11) is 0. The minimum atomic E-state index is -0.976. The average molecular weight is 329 g/mol. The van der Waals surface area contributed by atoms with E-state index < -0.39 is 11.4 Å². The third kappa shape index (κ3) is 3.50. The Bertz CT molecular complexity index is 754. The minimum absolute atomic E-state index is 0.211. The number of furan rings is 1. The molecule has 24 heavy (non-hydrogen) atoms. The van der Waals surface area contributed by atoms with Gasteiger partial charge < -0.3 is 14.8 Å². The maximum absolute atomic E-state index is 12.4. The highest BCUT2D eigenvalue weighted by Crippen LogP contribution is 2.26. The molecule has 0 unspecified atom stereocenters. The summed E-state index contributed by atoms with van der Waals surface area (Å²) in [6.07, 6.45) is 0. The second kappa shape index (κ2) is 6.51. The van der Waals surface area contributed by atoms with Crippen LogP contribution in [0.1, 0.15) is 61.1 Å². The summed E-state index contributed by atoms with van der Waals surface area (Å²) in [4.78, 5) is 23.7. The number of hydrogen-bond acceptors (Lipinski definition) is 3. The quantitative estimate of drug-likeness (QED) is 0.856. The van der Waals surface area contributed by atoms with Crippen molar-refractivity contribution in [1.29, 1.82) is 0 Å². The molecule has 1 heterocycles. The number of benzene rings is 1. The number of nitrogens with one attached hydrogen (secondary N) is 1. The first-order valence-corrected chi connectivity index (χ1v) is 7.88. The van der Waals surface area contributed by atoms with Crippen molar-refractivity contribution < 1.29 is 19.1 Å². The fourth-order valence-electron chi connectivity index (χ4n) is 2.31. The van der Waals surface area contributed by atoms with Crippen LogP contribution in [0.5, 0.6) is 0 Å². The van der Waals surface area contributed by atoms with E-state index in [0.29, 0.717) is 22.6 Å². The molecule has 0 spiro atoms. The maximum Gasteiger partial charge on any atom is 0.313 e. The first-order valence-electron chi connectivity index (χ1n) is 7.88. The van der Waals surface area contributed by atoms with Crippen LogP contribution in [0.3, 0.4) is 0 Å². The van der Waals surface area contributed by atoms with Gasteiger partial charge in [-0.05, 0) is 44.5 Å². The van der Waals surface area contributed by atoms with Crippen LogP contribution in [0.4, 0.5) is 5.69 Å². The van der Waals surface area contributed by atoms with E-state index in [-0.39, 0.29) is 11.8 Å². The van der Waals surface area contributed by atoms with Crippen LogP contribution in [0, 0.1) is 6.92 Å². The lowest BCUT2D eigenvalue weighted by atomic mass is 9.85. The zero-order chi connectivity index (χ0) is 18.1. The fourth-order valence-corrected chi connectivity index (χ4v) is 2.31. The van der Waals surface area contributed by atoms with E-state index in [1.807, 2.05) is 13.8 Å². The van der Waals surface area contributed by atoms with Crippen molar-refractivity contribution in [3.63, 3.8) is 0 Å². The summed E-state index contributed by atoms with van der Waals surface area (Å²) in [5.74, 6) is 0.432. The molecule has 1 amide bonds. The normalized spacial score (nSPS) is 11.6. The third-order valence-corrected chi connectivity index (χ3v) is 4.15. The largest absolute Gasteiger partial charge is 0.481 e. The Morgan fingerprint density at radius 3 is 2.21 bits per heavy atom. The molecule has 0 aliphatic heterocycles. The molecule has 0 saturated carbocycles. The minimum Gasteiger partial charge on any atom is -0.481 e. The molecule has 0 bridgehead atoms. The molecule has 0 aliphatic carbocycles. The molecular formula is C19H23NO4. The van der Waals surface area contributed by atoms with Crippen LogP contribution in [0.25, 0.3) is 0 Å². The topological polar surface area (TPSA) is 79.5 Å². The van der Waals surface area contributed by atoms with Gasteiger partial charge in [-0.3, -0.25) is 9.59 Å². The van der Waals surface area contributed by atoms with Gasteiger partial charge in [0.2, 0.25) is 0 Å². The number of anilines is 1. The molecule has 0 atom stereocenters. The summed E-state index contributed by atoms with van der Waals surface area (Å²) in [6.45, 7) is 9.06. The molecule has 0 aliphatic rings. The molecule has 2 N–H and O–H groups in total. The smallest absolute Gasteiger partial charge is 0.313 e. The average Bonchev–Trinajstić information content (AvgIpc) is 2.90. The Labute approximate surface area is 141 Å². The van der Waals surface area contributed by atoms with E-state index in [9.17, 15) is 14.7 Å². The Hall–Kier alpha value is -2.56. The van der Waals surface area contributed by atoms with Gasteiger partial charge in [0.1, 0.15) is 11.5 Å². The van der Waals surface area contributed by atoms with Crippen LogP contribution in [0.15, 0.2) is 34.7 Å². The standard InChI is InChI=1S/C19H23NO4/c1-11(2)16-10-15(12(3)24-16)17(21)20-14-8-6-13(7-9-14)19(4,5)18(22)23/h6-11H,1-5H3,(H,20,21)(H,22,23). The Morgan fingerprint density at radius 1 is 1.17 bits per heavy atom. The van der Waals surface area contributed by atoms with Gasteiger partial charge in [0.05, 0.1) is 11.0 Å². The van der Waals surface area contributed by atoms with E-state index in [1.165, 1.54) is 0 Å². The first-order chi connectivity index (χ1) is 11.1. The Kier molecular flexibility index (Phi) is 4.83. The van der Waals surface area contributed by atoms with Crippen molar-refractivity contribution in [3.8, 4) is 0 Å². The first kappa shape index (κ1) is 17.8. The molecule has 5 heteroatoms. The number of carbonyl (C=O) groups is 2. The second-order valence-corrected chi connectivity index (χ2v) is 6.73. The number of aliphatic carboxylic acids is 1. The summed E-state index contributed by atoms with van der Waals surface area (Å²) >= 11 is 0. The van der Waals surface area contributed by atoms with Crippen molar-refractivity contribution in [2.24, 2.45) is 0 Å². The highest BCUT2D eigenvalue weighted by atomic mass is 16.4. The molecule has 5 nitrogen and oxygen atoms in total. The molecule has 128 valence electrons. The summed E-state index contributed by atoms with van der Waals surface area (Å²) in [5, 5.41) is 12.1. The van der Waals surface area contributed by atoms with Gasteiger partial charge in [-0.25, -0.2) is 0 Å². The van der Waals surface area contributed by atoms with Gasteiger partial charge in [0.25, 0.3) is 5.91 Å². The second-order valence-electron chi connectivity index (χ2n) is 6.73. The van der Waals surface area contributed by atoms with E-state index >= 15 is 0 Å². The lowest BCUT2D eigenvalue weighted by Crippen LogP contribution is -2.28. The van der Waals surface area contributed by atoms with Crippen LogP contribution < -0.4 is 5.32 Å². The highest BCUT2D eigenvalue weighted by Gasteiger charge is 2.29. The zero-order valence-electron chi connectivity index (χ0n) is 14.6. The van der Waals surface area contributed by atoms with Gasteiger partial charge in [-0.15, -0.1) is 0 Å². The zero-order valence-corrected chi connectivity index (χ0v) is 14.6. The van der Waals surface area contributed by atoms with E-state index in [4.69, 9.17) is 4.42 Å². The number of rotatable bonds is 5. The number of carbonyl (C=O) groups excluding carboxylic acids is 1. The van der Waals surface area contributed by atoms with Gasteiger partial charge in [0, 0.05) is 11.6 Å². The van der Waals surface area contributed by atoms with Crippen LogP contribution >= 0.6 is 0 Å². The van der Waals surface area contributed by atoms with Crippen LogP contribution in [0.2, 0.25) is 0 Å². The molecule has 1 aromatic heterocycles. The Balaban J connectivity index is 2.17. The predicted octanol–water partition coefficient (Wildman–Crippen LogP) is 4.33. The number of carboxylic acids is 1. The van der Waals surface area contributed by atoms with Gasteiger partial charge >= 0.3 is 5.97 Å². The predicted molar refractivity (Wildman–Crippen MR) is 92.6 cm³/mol. The molecule has 2 aromatic rings. The van der Waals surface area contributed by atoms with Gasteiger partial charge in [0.15, 0.2) is 0 Å². The number of hydrogen-bond donors (Lipinski definition) is 2. The lowest BCUT2D eigenvalue weighted by molar-refractivity contribution is -0.142. The lowest BCUT2D eigenvalue weighted by Gasteiger charge is -2.19. The van der Waals surface area contributed by atoms with Crippen molar-refractivity contribution in [1.82, 2.24) is 0 Å². The van der Waals surface area contributed by atoms with Crippen molar-refractivity contribution in [3.05, 3.63) is 53.0 Å². The third-order valence-electron chi connectivity index (χ3n) is 4.15. The van der Waals surface area contributed by atoms with E-state index in [0.717, 1.165) is 5.76 Å². The highest BCUT2D eigenvalue weighted by molar-refractivity contribution is 6.05. The van der Waals surface area contributed by atoms with Crippen LogP contribution in [-0.4, -0.2) is 17.0 Å². The van der Waals surface area contributed by atoms with Gasteiger partial charge in [-0.2, -0.15) is 0 Å². The SMILES string of the molecule is Cc1oc(C(C)C)cc1C(=O)Nc1ccc(C(C)(C)C(=O)O)cc1. The number of carboxylic acid groups (broad SMARTS) is 1. The fraction of sp³-hybridized carbons (Fsp3) is 0.368. The molecule has 0 radical (unpaired) electrons. The molecule has 1 aromatic carbocycles. The number of amides is 1. The van der Waals surface area contributed by atoms with E-state index in [2.05, 4.69) is 5.32 Å². The summed E-state index contributed by atoms with van der Waals surface area (Å²) < 4.78 is 5.60. The molecule has 0 fully saturated rings. The molecular weight excluding hydrogens is 306 g/mol. The summed E-state index contributed by atoms with van der Waals surface area (Å²) in [5.41, 5.74) is 0.815. The summed E-state index contributed by atoms with van der Waals surface area (Å²) in [6, 6.07) is 8.60. The maximum atomic E-state index is 12.4.